The van der Waals surface area contributed by atoms with Crippen molar-refractivity contribution in [1.82, 2.24) is 0 Å². The van der Waals surface area contributed by atoms with Crippen LogP contribution in [0.2, 0.25) is 0 Å². The molecule has 1 atom stereocenters. The number of esters is 1. The van der Waals surface area contributed by atoms with E-state index in [-0.39, 0.29) is 18.9 Å². The Labute approximate surface area is 157 Å². The number of ether oxygens (including phenoxy) is 2. The Morgan fingerprint density at radius 2 is 1.74 bits per heavy atom. The van der Waals surface area contributed by atoms with E-state index >= 15 is 0 Å². The Morgan fingerprint density at radius 3 is 2.56 bits per heavy atom. The SMILES string of the molecule is COc1ccccc1N1C[C@@H](C(=O)Oc2ccc3ccccc3c2)CC1=O. The van der Waals surface area contributed by atoms with Crippen LogP contribution in [0.25, 0.3) is 10.8 Å². The highest BCUT2D eigenvalue weighted by atomic mass is 16.5. The summed E-state index contributed by atoms with van der Waals surface area (Å²) in [6.07, 6.45) is 0.129. The van der Waals surface area contributed by atoms with Crippen LogP contribution in [0.3, 0.4) is 0 Å². The molecule has 0 radical (unpaired) electrons. The Morgan fingerprint density at radius 1 is 1.00 bits per heavy atom. The summed E-state index contributed by atoms with van der Waals surface area (Å²) in [4.78, 5) is 26.6. The lowest BCUT2D eigenvalue weighted by molar-refractivity contribution is -0.139. The summed E-state index contributed by atoms with van der Waals surface area (Å²) in [7, 11) is 1.56. The summed E-state index contributed by atoms with van der Waals surface area (Å²) in [6, 6.07) is 20.7. The van der Waals surface area contributed by atoms with E-state index in [1.165, 1.54) is 0 Å². The molecule has 0 aromatic heterocycles. The number of fused-ring (bicyclic) bond motifs is 1. The van der Waals surface area contributed by atoms with Crippen LogP contribution in [0, 0.1) is 5.92 Å². The van der Waals surface area contributed by atoms with Gasteiger partial charge in [-0.3, -0.25) is 9.59 Å². The van der Waals surface area contributed by atoms with Crippen LogP contribution in [-0.2, 0) is 9.59 Å². The van der Waals surface area contributed by atoms with E-state index in [2.05, 4.69) is 0 Å². The summed E-state index contributed by atoms with van der Waals surface area (Å²) in [5.74, 6) is 0.0844. The molecular formula is C22H19NO4. The molecule has 5 nitrogen and oxygen atoms in total. The van der Waals surface area contributed by atoms with Crippen molar-refractivity contribution in [2.45, 2.75) is 6.42 Å². The van der Waals surface area contributed by atoms with Gasteiger partial charge >= 0.3 is 5.97 Å². The molecule has 1 amide bonds. The van der Waals surface area contributed by atoms with Crippen molar-refractivity contribution in [2.75, 3.05) is 18.6 Å². The van der Waals surface area contributed by atoms with E-state index in [4.69, 9.17) is 9.47 Å². The average Bonchev–Trinajstić information content (AvgIpc) is 3.09. The fourth-order valence-corrected chi connectivity index (χ4v) is 3.38. The van der Waals surface area contributed by atoms with Gasteiger partial charge in [0.05, 0.1) is 18.7 Å². The number of rotatable bonds is 4. The second-order valence-electron chi connectivity index (χ2n) is 6.51. The first kappa shape index (κ1) is 17.1. The molecule has 27 heavy (non-hydrogen) atoms. The molecule has 1 fully saturated rings. The molecule has 1 aliphatic heterocycles. The van der Waals surface area contributed by atoms with E-state index in [0.717, 1.165) is 10.8 Å². The molecule has 0 N–H and O–H groups in total. The maximum absolute atomic E-state index is 12.6. The number of carbonyl (C=O) groups excluding carboxylic acids is 2. The summed E-state index contributed by atoms with van der Waals surface area (Å²) >= 11 is 0. The molecule has 1 aliphatic rings. The summed E-state index contributed by atoms with van der Waals surface area (Å²) in [5.41, 5.74) is 0.672. The molecule has 5 heteroatoms. The van der Waals surface area contributed by atoms with Gasteiger partial charge < -0.3 is 14.4 Å². The van der Waals surface area contributed by atoms with E-state index in [1.807, 2.05) is 54.6 Å². The Bertz CT molecular complexity index is 1010. The minimum atomic E-state index is -0.506. The third-order valence-electron chi connectivity index (χ3n) is 4.77. The van der Waals surface area contributed by atoms with Gasteiger partial charge in [-0.05, 0) is 35.0 Å². The number of hydrogen-bond donors (Lipinski definition) is 0. The number of carbonyl (C=O) groups is 2. The van der Waals surface area contributed by atoms with E-state index in [0.29, 0.717) is 17.2 Å². The summed E-state index contributed by atoms with van der Waals surface area (Å²) < 4.78 is 10.9. The maximum atomic E-state index is 12.6. The molecule has 4 rings (SSSR count). The van der Waals surface area contributed by atoms with Crippen molar-refractivity contribution < 1.29 is 19.1 Å². The Kier molecular flexibility index (Phi) is 4.50. The second kappa shape index (κ2) is 7.11. The van der Waals surface area contributed by atoms with Crippen molar-refractivity contribution in [1.29, 1.82) is 0 Å². The van der Waals surface area contributed by atoms with Gasteiger partial charge in [0, 0.05) is 13.0 Å². The predicted octanol–water partition coefficient (Wildman–Crippen LogP) is 3.81. The third-order valence-corrected chi connectivity index (χ3v) is 4.77. The maximum Gasteiger partial charge on any atom is 0.316 e. The third kappa shape index (κ3) is 3.36. The first-order chi connectivity index (χ1) is 13.2. The van der Waals surface area contributed by atoms with Gasteiger partial charge in [0.2, 0.25) is 5.91 Å². The van der Waals surface area contributed by atoms with E-state index in [1.54, 1.807) is 24.1 Å². The van der Waals surface area contributed by atoms with Crippen molar-refractivity contribution in [3.8, 4) is 11.5 Å². The fraction of sp³-hybridized carbons (Fsp3) is 0.182. The minimum Gasteiger partial charge on any atom is -0.495 e. The van der Waals surface area contributed by atoms with E-state index < -0.39 is 11.9 Å². The van der Waals surface area contributed by atoms with Crippen LogP contribution >= 0.6 is 0 Å². The first-order valence-electron chi connectivity index (χ1n) is 8.79. The largest absolute Gasteiger partial charge is 0.495 e. The normalized spacial score (nSPS) is 16.6. The number of methoxy groups -OCH3 is 1. The summed E-state index contributed by atoms with van der Waals surface area (Å²) in [6.45, 7) is 0.283. The number of nitrogens with zero attached hydrogens (tertiary/aromatic N) is 1. The van der Waals surface area contributed by atoms with Crippen molar-refractivity contribution in [2.24, 2.45) is 5.92 Å². The van der Waals surface area contributed by atoms with Crippen LogP contribution in [0.4, 0.5) is 5.69 Å². The molecule has 1 heterocycles. The zero-order chi connectivity index (χ0) is 18.8. The van der Waals surface area contributed by atoms with Gasteiger partial charge in [-0.1, -0.05) is 42.5 Å². The first-order valence-corrected chi connectivity index (χ1v) is 8.79. The van der Waals surface area contributed by atoms with Gasteiger partial charge in [0.1, 0.15) is 11.5 Å². The highest BCUT2D eigenvalue weighted by Crippen LogP contribution is 2.33. The van der Waals surface area contributed by atoms with Crippen LogP contribution in [0.5, 0.6) is 11.5 Å². The van der Waals surface area contributed by atoms with Gasteiger partial charge in [-0.15, -0.1) is 0 Å². The Hall–Kier alpha value is -3.34. The molecule has 3 aromatic rings. The minimum absolute atomic E-state index is 0.111. The molecule has 0 spiro atoms. The van der Waals surface area contributed by atoms with Crippen LogP contribution in [-0.4, -0.2) is 25.5 Å². The van der Waals surface area contributed by atoms with Crippen molar-refractivity contribution >= 4 is 28.3 Å². The summed E-state index contributed by atoms with van der Waals surface area (Å²) in [5, 5.41) is 2.08. The number of amides is 1. The van der Waals surface area contributed by atoms with Gasteiger partial charge in [-0.25, -0.2) is 0 Å². The van der Waals surface area contributed by atoms with Crippen LogP contribution < -0.4 is 14.4 Å². The fourth-order valence-electron chi connectivity index (χ4n) is 3.38. The topological polar surface area (TPSA) is 55.8 Å². The standard InChI is InChI=1S/C22H19NO4/c1-26-20-9-5-4-8-19(20)23-14-17(13-21(23)24)22(25)27-18-11-10-15-6-2-3-7-16(15)12-18/h2-12,17H,13-14H2,1H3/t17-/m0/s1. The average molecular weight is 361 g/mol. The lowest BCUT2D eigenvalue weighted by Crippen LogP contribution is -2.27. The zero-order valence-corrected chi connectivity index (χ0v) is 14.9. The second-order valence-corrected chi connectivity index (χ2v) is 6.51. The molecule has 0 saturated carbocycles. The number of hydrogen-bond acceptors (Lipinski definition) is 4. The monoisotopic (exact) mass is 361 g/mol. The highest BCUT2D eigenvalue weighted by molar-refractivity contribution is 6.00. The molecule has 0 unspecified atom stereocenters. The smallest absolute Gasteiger partial charge is 0.316 e. The number of anilines is 1. The lowest BCUT2D eigenvalue weighted by Gasteiger charge is -2.19. The molecule has 1 saturated heterocycles. The van der Waals surface area contributed by atoms with Crippen molar-refractivity contribution in [3.63, 3.8) is 0 Å². The van der Waals surface area contributed by atoms with E-state index in [9.17, 15) is 9.59 Å². The highest BCUT2D eigenvalue weighted by Gasteiger charge is 2.37. The molecule has 0 aliphatic carbocycles. The molecule has 0 bridgehead atoms. The number of benzene rings is 3. The Balaban J connectivity index is 1.50. The van der Waals surface area contributed by atoms with Crippen LogP contribution in [0.15, 0.2) is 66.7 Å². The quantitative estimate of drug-likeness (QED) is 0.524. The molecule has 136 valence electrons. The zero-order valence-electron chi connectivity index (χ0n) is 14.9. The predicted molar refractivity (Wildman–Crippen MR) is 103 cm³/mol. The van der Waals surface area contributed by atoms with Crippen LogP contribution in [0.1, 0.15) is 6.42 Å². The molecular weight excluding hydrogens is 342 g/mol. The van der Waals surface area contributed by atoms with Gasteiger partial charge in [0.15, 0.2) is 0 Å². The number of para-hydroxylation sites is 2. The molecule has 3 aromatic carbocycles. The van der Waals surface area contributed by atoms with Gasteiger partial charge in [0.25, 0.3) is 0 Å². The van der Waals surface area contributed by atoms with Crippen molar-refractivity contribution in [3.05, 3.63) is 66.7 Å². The lowest BCUT2D eigenvalue weighted by atomic mass is 10.1. The van der Waals surface area contributed by atoms with Gasteiger partial charge in [-0.2, -0.15) is 0 Å².